The van der Waals surface area contributed by atoms with E-state index in [9.17, 15) is 0 Å². The Bertz CT molecular complexity index is 567. The first kappa shape index (κ1) is 14.9. The first-order chi connectivity index (χ1) is 10.2. The highest BCUT2D eigenvalue weighted by atomic mass is 16.5. The summed E-state index contributed by atoms with van der Waals surface area (Å²) in [6, 6.07) is 7.44. The van der Waals surface area contributed by atoms with Crippen molar-refractivity contribution in [2.75, 3.05) is 31.4 Å². The maximum atomic E-state index is 5.25. The largest absolute Gasteiger partial charge is 0.497 e. The Kier molecular flexibility index (Phi) is 5.20. The molecule has 0 aliphatic rings. The molecule has 0 aliphatic carbocycles. The van der Waals surface area contributed by atoms with Crippen molar-refractivity contribution in [3.8, 4) is 11.5 Å². The maximum absolute atomic E-state index is 5.25. The van der Waals surface area contributed by atoms with E-state index in [-0.39, 0.29) is 0 Å². The molecule has 0 amide bonds. The van der Waals surface area contributed by atoms with Crippen LogP contribution in [0.3, 0.4) is 0 Å². The number of benzene rings is 1. The average molecular weight is 288 g/mol. The summed E-state index contributed by atoms with van der Waals surface area (Å²) in [5.74, 6) is 2.94. The molecule has 6 heteroatoms. The normalized spacial score (nSPS) is 10.0. The van der Waals surface area contributed by atoms with Gasteiger partial charge < -0.3 is 20.1 Å². The van der Waals surface area contributed by atoms with Crippen LogP contribution in [0.2, 0.25) is 0 Å². The Morgan fingerprint density at radius 3 is 2.24 bits per heavy atom. The molecule has 21 heavy (non-hydrogen) atoms. The monoisotopic (exact) mass is 288 g/mol. The number of aromatic nitrogens is 2. The molecule has 0 atom stereocenters. The lowest BCUT2D eigenvalue weighted by Gasteiger charge is -2.11. The summed E-state index contributed by atoms with van der Waals surface area (Å²) in [6.07, 6.45) is 2.57. The van der Waals surface area contributed by atoms with Gasteiger partial charge in [-0.3, -0.25) is 0 Å². The summed E-state index contributed by atoms with van der Waals surface area (Å²) in [5.41, 5.74) is 0.839. The van der Waals surface area contributed by atoms with Crippen molar-refractivity contribution in [1.82, 2.24) is 9.97 Å². The summed E-state index contributed by atoms with van der Waals surface area (Å²) < 4.78 is 10.5. The average Bonchev–Trinajstić information content (AvgIpc) is 2.52. The molecule has 2 rings (SSSR count). The van der Waals surface area contributed by atoms with Crippen LogP contribution in [0.1, 0.15) is 13.3 Å². The van der Waals surface area contributed by atoms with Crippen LogP contribution >= 0.6 is 0 Å². The maximum Gasteiger partial charge on any atom is 0.135 e. The van der Waals surface area contributed by atoms with E-state index in [2.05, 4.69) is 27.5 Å². The third-order valence-corrected chi connectivity index (χ3v) is 2.85. The number of anilines is 3. The summed E-state index contributed by atoms with van der Waals surface area (Å²) in [5, 5.41) is 6.44. The lowest BCUT2D eigenvalue weighted by molar-refractivity contribution is 0.395. The van der Waals surface area contributed by atoms with Crippen molar-refractivity contribution in [1.29, 1.82) is 0 Å². The van der Waals surface area contributed by atoms with Gasteiger partial charge in [-0.2, -0.15) is 0 Å². The molecule has 0 saturated carbocycles. The van der Waals surface area contributed by atoms with E-state index in [0.717, 1.165) is 36.0 Å². The molecular formula is C15H20N4O2. The van der Waals surface area contributed by atoms with Gasteiger partial charge in [0.2, 0.25) is 0 Å². The minimum Gasteiger partial charge on any atom is -0.497 e. The van der Waals surface area contributed by atoms with Gasteiger partial charge in [-0.15, -0.1) is 0 Å². The second-order valence-electron chi connectivity index (χ2n) is 4.44. The fourth-order valence-corrected chi connectivity index (χ4v) is 1.80. The van der Waals surface area contributed by atoms with Crippen molar-refractivity contribution in [3.63, 3.8) is 0 Å². The van der Waals surface area contributed by atoms with Crippen LogP contribution in [0.15, 0.2) is 30.6 Å². The van der Waals surface area contributed by atoms with Crippen molar-refractivity contribution >= 4 is 17.3 Å². The third kappa shape index (κ3) is 4.24. The molecule has 0 saturated heterocycles. The van der Waals surface area contributed by atoms with Crippen LogP contribution in [-0.4, -0.2) is 30.7 Å². The predicted molar refractivity (Wildman–Crippen MR) is 83.6 cm³/mol. The van der Waals surface area contributed by atoms with Gasteiger partial charge in [-0.05, 0) is 6.42 Å². The SMILES string of the molecule is CCCNc1cc(Nc2cc(OC)cc(OC)c2)ncn1. The van der Waals surface area contributed by atoms with E-state index in [0.29, 0.717) is 5.82 Å². The number of rotatable bonds is 7. The summed E-state index contributed by atoms with van der Waals surface area (Å²) in [7, 11) is 3.24. The number of nitrogens with zero attached hydrogens (tertiary/aromatic N) is 2. The molecule has 0 aliphatic heterocycles. The Labute approximate surface area is 124 Å². The number of methoxy groups -OCH3 is 2. The van der Waals surface area contributed by atoms with Crippen molar-refractivity contribution in [2.45, 2.75) is 13.3 Å². The fourth-order valence-electron chi connectivity index (χ4n) is 1.80. The standard InChI is InChI=1S/C15H20N4O2/c1-4-5-16-14-9-15(18-10-17-14)19-11-6-12(20-2)8-13(7-11)21-3/h6-10H,4-5H2,1-3H3,(H2,16,17,18,19). The minimum absolute atomic E-state index is 0.707. The zero-order valence-corrected chi connectivity index (χ0v) is 12.5. The Balaban J connectivity index is 2.17. The van der Waals surface area contributed by atoms with Gasteiger partial charge >= 0.3 is 0 Å². The molecule has 1 aromatic carbocycles. The topological polar surface area (TPSA) is 68.3 Å². The lowest BCUT2D eigenvalue weighted by atomic mass is 10.2. The van der Waals surface area contributed by atoms with E-state index >= 15 is 0 Å². The van der Waals surface area contributed by atoms with E-state index < -0.39 is 0 Å². The Morgan fingerprint density at radius 2 is 1.62 bits per heavy atom. The van der Waals surface area contributed by atoms with Gasteiger partial charge in [0.25, 0.3) is 0 Å². The van der Waals surface area contributed by atoms with Gasteiger partial charge in [0.05, 0.1) is 14.2 Å². The van der Waals surface area contributed by atoms with Crippen molar-refractivity contribution in [2.24, 2.45) is 0 Å². The number of hydrogen-bond donors (Lipinski definition) is 2. The molecule has 2 aromatic rings. The zero-order valence-electron chi connectivity index (χ0n) is 12.5. The highest BCUT2D eigenvalue weighted by Gasteiger charge is 2.04. The first-order valence-electron chi connectivity index (χ1n) is 6.81. The molecule has 6 nitrogen and oxygen atoms in total. The van der Waals surface area contributed by atoms with Gasteiger partial charge in [0.1, 0.15) is 29.5 Å². The first-order valence-corrected chi connectivity index (χ1v) is 6.81. The second kappa shape index (κ2) is 7.33. The second-order valence-corrected chi connectivity index (χ2v) is 4.44. The Morgan fingerprint density at radius 1 is 0.952 bits per heavy atom. The van der Waals surface area contributed by atoms with Crippen molar-refractivity contribution < 1.29 is 9.47 Å². The van der Waals surface area contributed by atoms with Gasteiger partial charge in [-0.25, -0.2) is 9.97 Å². The fraction of sp³-hybridized carbons (Fsp3) is 0.333. The van der Waals surface area contributed by atoms with Crippen LogP contribution < -0.4 is 20.1 Å². The van der Waals surface area contributed by atoms with Gasteiger partial charge in [-0.1, -0.05) is 6.92 Å². The Hall–Kier alpha value is -2.50. The molecule has 0 radical (unpaired) electrons. The lowest BCUT2D eigenvalue weighted by Crippen LogP contribution is -2.03. The smallest absolute Gasteiger partial charge is 0.135 e. The van der Waals surface area contributed by atoms with E-state index in [1.807, 2.05) is 24.3 Å². The number of ether oxygens (including phenoxy) is 2. The molecule has 0 fully saturated rings. The third-order valence-electron chi connectivity index (χ3n) is 2.85. The molecule has 0 unspecified atom stereocenters. The molecule has 112 valence electrons. The molecular weight excluding hydrogens is 268 g/mol. The summed E-state index contributed by atoms with van der Waals surface area (Å²) in [4.78, 5) is 8.38. The zero-order chi connectivity index (χ0) is 15.1. The van der Waals surface area contributed by atoms with Gasteiger partial charge in [0, 0.05) is 36.5 Å². The highest BCUT2D eigenvalue weighted by molar-refractivity contribution is 5.62. The van der Waals surface area contributed by atoms with Crippen LogP contribution in [0.25, 0.3) is 0 Å². The molecule has 1 aromatic heterocycles. The quantitative estimate of drug-likeness (QED) is 0.816. The predicted octanol–water partition coefficient (Wildman–Crippen LogP) is 3.06. The van der Waals surface area contributed by atoms with Crippen LogP contribution in [0.4, 0.5) is 17.3 Å². The molecule has 0 spiro atoms. The summed E-state index contributed by atoms with van der Waals surface area (Å²) in [6.45, 7) is 2.99. The summed E-state index contributed by atoms with van der Waals surface area (Å²) >= 11 is 0. The van der Waals surface area contributed by atoms with E-state index in [1.165, 1.54) is 6.33 Å². The van der Waals surface area contributed by atoms with E-state index in [1.54, 1.807) is 14.2 Å². The number of hydrogen-bond acceptors (Lipinski definition) is 6. The van der Waals surface area contributed by atoms with Crippen LogP contribution in [0, 0.1) is 0 Å². The highest BCUT2D eigenvalue weighted by Crippen LogP contribution is 2.27. The van der Waals surface area contributed by atoms with Crippen LogP contribution in [0.5, 0.6) is 11.5 Å². The molecule has 1 heterocycles. The van der Waals surface area contributed by atoms with Crippen LogP contribution in [-0.2, 0) is 0 Å². The molecule has 2 N–H and O–H groups in total. The van der Waals surface area contributed by atoms with Gasteiger partial charge in [0.15, 0.2) is 0 Å². The van der Waals surface area contributed by atoms with Crippen molar-refractivity contribution in [3.05, 3.63) is 30.6 Å². The minimum atomic E-state index is 0.707. The number of nitrogens with one attached hydrogen (secondary N) is 2. The molecule has 0 bridgehead atoms. The van der Waals surface area contributed by atoms with E-state index in [4.69, 9.17) is 9.47 Å².